The van der Waals surface area contributed by atoms with E-state index in [2.05, 4.69) is 17.3 Å². The standard InChI is InChI=1S/C15H28ClN3O2/c1-5-7-17-13(6-8-21-10-9-20-4)11-14-12(2)18-19(3)15(14)16/h13,17H,5-11H2,1-4H3. The van der Waals surface area contributed by atoms with Crippen LogP contribution in [0.1, 0.15) is 31.0 Å². The van der Waals surface area contributed by atoms with Crippen molar-refractivity contribution in [1.29, 1.82) is 0 Å². The van der Waals surface area contributed by atoms with Gasteiger partial charge in [-0.05, 0) is 32.7 Å². The van der Waals surface area contributed by atoms with E-state index in [1.54, 1.807) is 11.8 Å². The van der Waals surface area contributed by atoms with Crippen molar-refractivity contribution in [2.24, 2.45) is 7.05 Å². The predicted molar refractivity (Wildman–Crippen MR) is 86.1 cm³/mol. The Bertz CT molecular complexity index is 410. The van der Waals surface area contributed by atoms with Gasteiger partial charge < -0.3 is 14.8 Å². The van der Waals surface area contributed by atoms with Crippen LogP contribution in [0.15, 0.2) is 0 Å². The first-order valence-corrected chi connectivity index (χ1v) is 7.96. The molecule has 0 aliphatic carbocycles. The lowest BCUT2D eigenvalue weighted by Crippen LogP contribution is -2.33. The lowest BCUT2D eigenvalue weighted by Gasteiger charge is -2.18. The van der Waals surface area contributed by atoms with Crippen molar-refractivity contribution in [3.8, 4) is 0 Å². The number of hydrogen-bond acceptors (Lipinski definition) is 4. The van der Waals surface area contributed by atoms with Gasteiger partial charge in [-0.15, -0.1) is 0 Å². The van der Waals surface area contributed by atoms with Crippen molar-refractivity contribution < 1.29 is 9.47 Å². The van der Waals surface area contributed by atoms with Gasteiger partial charge in [0.15, 0.2) is 0 Å². The zero-order valence-electron chi connectivity index (χ0n) is 13.6. The van der Waals surface area contributed by atoms with Crippen LogP contribution in [-0.4, -0.2) is 49.3 Å². The summed E-state index contributed by atoms with van der Waals surface area (Å²) in [6, 6.07) is 0.355. The van der Waals surface area contributed by atoms with Crippen molar-refractivity contribution in [2.75, 3.05) is 33.5 Å². The topological polar surface area (TPSA) is 48.3 Å². The molecule has 0 saturated carbocycles. The first kappa shape index (κ1) is 18.4. The molecule has 21 heavy (non-hydrogen) atoms. The molecule has 0 saturated heterocycles. The molecule has 0 aromatic carbocycles. The third kappa shape index (κ3) is 6.34. The van der Waals surface area contributed by atoms with Crippen LogP contribution < -0.4 is 5.32 Å². The third-order valence-electron chi connectivity index (χ3n) is 3.45. The van der Waals surface area contributed by atoms with E-state index < -0.39 is 0 Å². The summed E-state index contributed by atoms with van der Waals surface area (Å²) in [7, 11) is 3.56. The van der Waals surface area contributed by atoms with Crippen LogP contribution in [-0.2, 0) is 22.9 Å². The summed E-state index contributed by atoms with van der Waals surface area (Å²) in [6.45, 7) is 7.18. The summed E-state index contributed by atoms with van der Waals surface area (Å²) in [5.74, 6) is 0. The number of nitrogens with one attached hydrogen (secondary N) is 1. The van der Waals surface area contributed by atoms with Crippen LogP contribution in [0.4, 0.5) is 0 Å². The molecule has 5 nitrogen and oxygen atoms in total. The Morgan fingerprint density at radius 3 is 2.67 bits per heavy atom. The van der Waals surface area contributed by atoms with Crippen LogP contribution in [0.2, 0.25) is 5.15 Å². The molecule has 6 heteroatoms. The van der Waals surface area contributed by atoms with Crippen molar-refractivity contribution in [1.82, 2.24) is 15.1 Å². The normalized spacial score (nSPS) is 12.8. The molecule has 1 unspecified atom stereocenters. The number of nitrogens with zero attached hydrogens (tertiary/aromatic N) is 2. The van der Waals surface area contributed by atoms with Gasteiger partial charge in [0.1, 0.15) is 5.15 Å². The zero-order chi connectivity index (χ0) is 15.7. The molecule has 0 aliphatic rings. The summed E-state index contributed by atoms with van der Waals surface area (Å²) in [5, 5.41) is 8.67. The maximum absolute atomic E-state index is 6.32. The van der Waals surface area contributed by atoms with Crippen LogP contribution >= 0.6 is 11.6 Å². The Labute approximate surface area is 132 Å². The molecule has 1 atom stereocenters. The minimum absolute atomic E-state index is 0.355. The monoisotopic (exact) mass is 317 g/mol. The zero-order valence-corrected chi connectivity index (χ0v) is 14.4. The molecule has 1 aromatic rings. The number of aryl methyl sites for hydroxylation is 2. The molecular weight excluding hydrogens is 290 g/mol. The number of methoxy groups -OCH3 is 1. The largest absolute Gasteiger partial charge is 0.382 e. The molecule has 1 rings (SSSR count). The lowest BCUT2D eigenvalue weighted by molar-refractivity contribution is 0.0658. The third-order valence-corrected chi connectivity index (χ3v) is 3.92. The number of rotatable bonds is 11. The van der Waals surface area contributed by atoms with Gasteiger partial charge in [-0.2, -0.15) is 5.10 Å². The number of hydrogen-bond donors (Lipinski definition) is 1. The fourth-order valence-corrected chi connectivity index (χ4v) is 2.50. The van der Waals surface area contributed by atoms with Gasteiger partial charge >= 0.3 is 0 Å². The highest BCUT2D eigenvalue weighted by atomic mass is 35.5. The minimum atomic E-state index is 0.355. The van der Waals surface area contributed by atoms with E-state index in [9.17, 15) is 0 Å². The fraction of sp³-hybridized carbons (Fsp3) is 0.800. The maximum atomic E-state index is 6.32. The minimum Gasteiger partial charge on any atom is -0.382 e. The van der Waals surface area contributed by atoms with Crippen LogP contribution in [0.25, 0.3) is 0 Å². The van der Waals surface area contributed by atoms with Gasteiger partial charge in [0.2, 0.25) is 0 Å². The van der Waals surface area contributed by atoms with Gasteiger partial charge in [-0.25, -0.2) is 0 Å². The Morgan fingerprint density at radius 1 is 1.33 bits per heavy atom. The molecule has 0 bridgehead atoms. The van der Waals surface area contributed by atoms with E-state index >= 15 is 0 Å². The molecule has 0 fully saturated rings. The second-order valence-corrected chi connectivity index (χ2v) is 5.59. The Kier molecular flexibility index (Phi) is 8.92. The van der Waals surface area contributed by atoms with Gasteiger partial charge in [0.25, 0.3) is 0 Å². The highest BCUT2D eigenvalue weighted by molar-refractivity contribution is 6.30. The van der Waals surface area contributed by atoms with E-state index in [0.29, 0.717) is 19.3 Å². The maximum Gasteiger partial charge on any atom is 0.130 e. The summed E-state index contributed by atoms with van der Waals surface area (Å²) in [6.07, 6.45) is 2.95. The SMILES string of the molecule is CCCNC(CCOCCOC)Cc1c(C)nn(C)c1Cl. The first-order valence-electron chi connectivity index (χ1n) is 7.58. The van der Waals surface area contributed by atoms with E-state index in [-0.39, 0.29) is 0 Å². The molecule has 1 aromatic heterocycles. The second-order valence-electron chi connectivity index (χ2n) is 5.23. The Morgan fingerprint density at radius 2 is 2.10 bits per heavy atom. The van der Waals surface area contributed by atoms with Crippen LogP contribution in [0, 0.1) is 6.92 Å². The van der Waals surface area contributed by atoms with E-state index in [1.165, 1.54) is 0 Å². The van der Waals surface area contributed by atoms with Gasteiger partial charge in [0.05, 0.1) is 18.9 Å². The highest BCUT2D eigenvalue weighted by Gasteiger charge is 2.16. The first-order chi connectivity index (χ1) is 10.1. The van der Waals surface area contributed by atoms with Gasteiger partial charge in [0, 0.05) is 32.4 Å². The van der Waals surface area contributed by atoms with Crippen molar-refractivity contribution in [3.63, 3.8) is 0 Å². The summed E-state index contributed by atoms with van der Waals surface area (Å²) in [4.78, 5) is 0. The summed E-state index contributed by atoms with van der Waals surface area (Å²) in [5.41, 5.74) is 2.13. The number of halogens is 1. The molecule has 0 aliphatic heterocycles. The molecular formula is C15H28ClN3O2. The molecule has 1 heterocycles. The van der Waals surface area contributed by atoms with E-state index in [4.69, 9.17) is 21.1 Å². The summed E-state index contributed by atoms with van der Waals surface area (Å²) >= 11 is 6.32. The van der Waals surface area contributed by atoms with Gasteiger partial charge in [-0.3, -0.25) is 4.68 Å². The Hall–Kier alpha value is -0.620. The number of aromatic nitrogens is 2. The summed E-state index contributed by atoms with van der Waals surface area (Å²) < 4.78 is 12.3. The molecule has 0 amide bonds. The quantitative estimate of drug-likeness (QED) is 0.636. The van der Waals surface area contributed by atoms with Crippen molar-refractivity contribution in [2.45, 2.75) is 39.2 Å². The smallest absolute Gasteiger partial charge is 0.130 e. The molecule has 0 spiro atoms. The van der Waals surface area contributed by atoms with Gasteiger partial charge in [-0.1, -0.05) is 18.5 Å². The van der Waals surface area contributed by atoms with Crippen molar-refractivity contribution in [3.05, 3.63) is 16.4 Å². The Balaban J connectivity index is 2.52. The molecule has 1 N–H and O–H groups in total. The average Bonchev–Trinajstić information content (AvgIpc) is 2.70. The van der Waals surface area contributed by atoms with E-state index in [1.807, 2.05) is 14.0 Å². The molecule has 0 radical (unpaired) electrons. The van der Waals surface area contributed by atoms with E-state index in [0.717, 1.165) is 48.8 Å². The van der Waals surface area contributed by atoms with Crippen LogP contribution in [0.3, 0.4) is 0 Å². The predicted octanol–water partition coefficient (Wildman–Crippen LogP) is 2.35. The fourth-order valence-electron chi connectivity index (χ4n) is 2.25. The number of ether oxygens (including phenoxy) is 2. The molecule has 122 valence electrons. The highest BCUT2D eigenvalue weighted by Crippen LogP contribution is 2.21. The average molecular weight is 318 g/mol. The van der Waals surface area contributed by atoms with Crippen LogP contribution in [0.5, 0.6) is 0 Å². The second kappa shape index (κ2) is 10.2. The lowest BCUT2D eigenvalue weighted by atomic mass is 10.0. The van der Waals surface area contributed by atoms with Crippen molar-refractivity contribution >= 4 is 11.6 Å².